The molecule has 0 aliphatic carbocycles. The van der Waals surface area contributed by atoms with Gasteiger partial charge in [-0.05, 0) is 19.9 Å². The maximum Gasteiger partial charge on any atom is 0.325 e. The van der Waals surface area contributed by atoms with Crippen molar-refractivity contribution >= 4 is 11.9 Å². The molecule has 114 valence electrons. The Morgan fingerprint density at radius 3 is 2.62 bits per heavy atom. The van der Waals surface area contributed by atoms with E-state index in [1.54, 1.807) is 14.0 Å². The molecule has 21 heavy (non-hydrogen) atoms. The normalized spacial score (nSPS) is 21.6. The Labute approximate surface area is 124 Å². The summed E-state index contributed by atoms with van der Waals surface area (Å²) in [4.78, 5) is 25.7. The Hall–Kier alpha value is -2.08. The van der Waals surface area contributed by atoms with E-state index < -0.39 is 11.6 Å². The van der Waals surface area contributed by atoms with Gasteiger partial charge in [0.2, 0.25) is 0 Å². The van der Waals surface area contributed by atoms with Crippen LogP contribution in [0.25, 0.3) is 0 Å². The van der Waals surface area contributed by atoms with E-state index in [1.807, 2.05) is 25.1 Å². The zero-order valence-electron chi connectivity index (χ0n) is 12.7. The van der Waals surface area contributed by atoms with Gasteiger partial charge in [0, 0.05) is 12.7 Å². The van der Waals surface area contributed by atoms with Gasteiger partial charge < -0.3 is 14.8 Å². The molecule has 0 saturated carbocycles. The molecular weight excluding hydrogens is 272 g/mol. The molecule has 0 spiro atoms. The van der Waals surface area contributed by atoms with Crippen molar-refractivity contribution in [2.45, 2.75) is 25.9 Å². The predicted molar refractivity (Wildman–Crippen MR) is 77.1 cm³/mol. The van der Waals surface area contributed by atoms with Crippen molar-refractivity contribution in [1.82, 2.24) is 10.2 Å². The fraction of sp³-hybridized carbons (Fsp3) is 0.467. The average molecular weight is 292 g/mol. The number of hydrogen-bond acceptors (Lipinski definition) is 4. The third-order valence-corrected chi connectivity index (χ3v) is 3.54. The van der Waals surface area contributed by atoms with Crippen LogP contribution in [-0.2, 0) is 16.1 Å². The van der Waals surface area contributed by atoms with E-state index in [9.17, 15) is 9.59 Å². The van der Waals surface area contributed by atoms with Gasteiger partial charge in [-0.1, -0.05) is 17.7 Å². The van der Waals surface area contributed by atoms with Gasteiger partial charge in [-0.15, -0.1) is 0 Å². The Morgan fingerprint density at radius 2 is 2.00 bits per heavy atom. The van der Waals surface area contributed by atoms with Crippen molar-refractivity contribution in [3.05, 3.63) is 29.3 Å². The van der Waals surface area contributed by atoms with E-state index in [-0.39, 0.29) is 19.1 Å². The zero-order valence-corrected chi connectivity index (χ0v) is 12.7. The molecule has 1 aromatic rings. The second-order valence-corrected chi connectivity index (χ2v) is 5.40. The van der Waals surface area contributed by atoms with Gasteiger partial charge in [0.25, 0.3) is 5.91 Å². The van der Waals surface area contributed by atoms with Crippen LogP contribution in [0.5, 0.6) is 5.75 Å². The molecule has 1 N–H and O–H groups in total. The molecular formula is C15H20N2O4. The minimum absolute atomic E-state index is 0.138. The van der Waals surface area contributed by atoms with Crippen LogP contribution in [0.2, 0.25) is 0 Å². The van der Waals surface area contributed by atoms with Gasteiger partial charge in [0.05, 0.1) is 20.3 Å². The van der Waals surface area contributed by atoms with Crippen molar-refractivity contribution < 1.29 is 19.1 Å². The highest BCUT2D eigenvalue weighted by Gasteiger charge is 2.47. The van der Waals surface area contributed by atoms with Crippen LogP contribution >= 0.6 is 0 Å². The smallest absolute Gasteiger partial charge is 0.325 e. The fourth-order valence-electron chi connectivity index (χ4n) is 2.48. The molecule has 0 bridgehead atoms. The Morgan fingerprint density at radius 1 is 1.29 bits per heavy atom. The van der Waals surface area contributed by atoms with Crippen LogP contribution in [0.4, 0.5) is 4.79 Å². The number of nitrogens with zero attached hydrogens (tertiary/aromatic N) is 1. The van der Waals surface area contributed by atoms with E-state index in [0.717, 1.165) is 11.1 Å². The molecule has 6 heteroatoms. The molecule has 1 saturated heterocycles. The monoisotopic (exact) mass is 292 g/mol. The van der Waals surface area contributed by atoms with Crippen molar-refractivity contribution in [3.8, 4) is 5.75 Å². The number of ether oxygens (including phenoxy) is 2. The highest BCUT2D eigenvalue weighted by Crippen LogP contribution is 2.25. The lowest BCUT2D eigenvalue weighted by molar-refractivity contribution is -0.132. The molecule has 0 aromatic heterocycles. The molecule has 1 aliphatic rings. The Balaban J connectivity index is 2.26. The van der Waals surface area contributed by atoms with E-state index in [2.05, 4.69) is 5.32 Å². The SMILES string of the molecule is COC[C@@]1(C)NC(=O)N(Cc2cc(C)ccc2OC)C1=O. The van der Waals surface area contributed by atoms with Crippen molar-refractivity contribution in [2.24, 2.45) is 0 Å². The largest absolute Gasteiger partial charge is 0.496 e. The Kier molecular flexibility index (Phi) is 4.18. The molecule has 0 radical (unpaired) electrons. The predicted octanol–water partition coefficient (Wildman–Crippen LogP) is 1.46. The van der Waals surface area contributed by atoms with Crippen molar-refractivity contribution in [3.63, 3.8) is 0 Å². The number of carbonyl (C=O) groups excluding carboxylic acids is 2. The number of rotatable bonds is 5. The first-order valence-electron chi connectivity index (χ1n) is 6.68. The minimum Gasteiger partial charge on any atom is -0.496 e. The van der Waals surface area contributed by atoms with Crippen LogP contribution in [0.1, 0.15) is 18.1 Å². The molecule has 1 atom stereocenters. The summed E-state index contributed by atoms with van der Waals surface area (Å²) in [6, 6.07) is 5.25. The number of benzene rings is 1. The van der Waals surface area contributed by atoms with Gasteiger partial charge in [0.15, 0.2) is 0 Å². The van der Waals surface area contributed by atoms with Gasteiger partial charge in [0.1, 0.15) is 11.3 Å². The summed E-state index contributed by atoms with van der Waals surface area (Å²) in [5, 5.41) is 2.68. The molecule has 1 aliphatic heterocycles. The molecule has 2 rings (SSSR count). The third-order valence-electron chi connectivity index (χ3n) is 3.54. The first-order chi connectivity index (χ1) is 9.91. The van der Waals surface area contributed by atoms with Crippen LogP contribution in [-0.4, -0.2) is 43.2 Å². The summed E-state index contributed by atoms with van der Waals surface area (Å²) in [6.45, 7) is 3.92. The van der Waals surface area contributed by atoms with Gasteiger partial charge in [-0.25, -0.2) is 4.79 Å². The molecule has 1 heterocycles. The van der Waals surface area contributed by atoms with Gasteiger partial charge >= 0.3 is 6.03 Å². The number of carbonyl (C=O) groups is 2. The second-order valence-electron chi connectivity index (χ2n) is 5.40. The number of amides is 3. The molecule has 3 amide bonds. The lowest BCUT2D eigenvalue weighted by atomic mass is 10.0. The molecule has 1 fully saturated rings. The lowest BCUT2D eigenvalue weighted by Crippen LogP contribution is -2.47. The number of aryl methyl sites for hydroxylation is 1. The summed E-state index contributed by atoms with van der Waals surface area (Å²) in [5.41, 5.74) is 0.822. The fourth-order valence-corrected chi connectivity index (χ4v) is 2.48. The highest BCUT2D eigenvalue weighted by molar-refractivity contribution is 6.06. The number of imide groups is 1. The number of hydrogen-bond donors (Lipinski definition) is 1. The molecule has 0 unspecified atom stereocenters. The first kappa shape index (κ1) is 15.3. The maximum atomic E-state index is 12.4. The summed E-state index contributed by atoms with van der Waals surface area (Å²) < 4.78 is 10.3. The standard InChI is InChI=1S/C15H20N2O4/c1-10-5-6-12(21-4)11(7-10)8-17-13(18)15(2,9-20-3)16-14(17)19/h5-7H,8-9H2,1-4H3,(H,16,19)/t15-/m1/s1. The number of methoxy groups -OCH3 is 2. The summed E-state index contributed by atoms with van der Waals surface area (Å²) in [5.74, 6) is 0.361. The average Bonchev–Trinajstić information content (AvgIpc) is 2.63. The van der Waals surface area contributed by atoms with Crippen LogP contribution in [0, 0.1) is 6.92 Å². The molecule has 6 nitrogen and oxygen atoms in total. The number of urea groups is 1. The highest BCUT2D eigenvalue weighted by atomic mass is 16.5. The molecule has 1 aromatic carbocycles. The van der Waals surface area contributed by atoms with Crippen LogP contribution in [0.3, 0.4) is 0 Å². The van der Waals surface area contributed by atoms with E-state index in [1.165, 1.54) is 12.0 Å². The minimum atomic E-state index is -1.01. The van der Waals surface area contributed by atoms with Crippen LogP contribution in [0.15, 0.2) is 18.2 Å². The summed E-state index contributed by atoms with van der Waals surface area (Å²) in [6.07, 6.45) is 0. The second kappa shape index (κ2) is 5.73. The topological polar surface area (TPSA) is 67.9 Å². The summed E-state index contributed by atoms with van der Waals surface area (Å²) in [7, 11) is 3.06. The quantitative estimate of drug-likeness (QED) is 0.834. The number of nitrogens with one attached hydrogen (secondary N) is 1. The lowest BCUT2D eigenvalue weighted by Gasteiger charge is -2.20. The van der Waals surface area contributed by atoms with Crippen molar-refractivity contribution in [2.75, 3.05) is 20.8 Å². The van der Waals surface area contributed by atoms with Crippen LogP contribution < -0.4 is 10.1 Å². The van der Waals surface area contributed by atoms with Crippen molar-refractivity contribution in [1.29, 1.82) is 0 Å². The Bertz CT molecular complexity index is 573. The third kappa shape index (κ3) is 2.85. The van der Waals surface area contributed by atoms with E-state index >= 15 is 0 Å². The van der Waals surface area contributed by atoms with E-state index in [0.29, 0.717) is 5.75 Å². The van der Waals surface area contributed by atoms with Gasteiger partial charge in [-0.3, -0.25) is 9.69 Å². The van der Waals surface area contributed by atoms with Gasteiger partial charge in [-0.2, -0.15) is 0 Å². The summed E-state index contributed by atoms with van der Waals surface area (Å²) >= 11 is 0. The maximum absolute atomic E-state index is 12.4. The zero-order chi connectivity index (χ0) is 15.6. The first-order valence-corrected chi connectivity index (χ1v) is 6.68. The van der Waals surface area contributed by atoms with E-state index in [4.69, 9.17) is 9.47 Å².